The zero-order valence-electron chi connectivity index (χ0n) is 12.7. The van der Waals surface area contributed by atoms with Gasteiger partial charge >= 0.3 is 49.3 Å². The van der Waals surface area contributed by atoms with Crippen LogP contribution in [0.25, 0.3) is 0 Å². The van der Waals surface area contributed by atoms with Crippen molar-refractivity contribution in [3.8, 4) is 0 Å². The van der Waals surface area contributed by atoms with E-state index in [9.17, 15) is 0 Å². The monoisotopic (exact) mass is 524 g/mol. The van der Waals surface area contributed by atoms with Gasteiger partial charge in [0.25, 0.3) is 0 Å². The third-order valence-electron chi connectivity index (χ3n) is 0. The van der Waals surface area contributed by atoms with Crippen LogP contribution in [-0.2, 0) is 73.8 Å². The van der Waals surface area contributed by atoms with Crippen LogP contribution < -0.4 is 20.4 Å². The molecule has 0 atom stereocenters. The molecular weight excluding hydrogens is 502 g/mol. The minimum atomic E-state index is 0. The molecule has 0 N–H and O–H groups in total. The van der Waals surface area contributed by atoms with E-state index in [-0.39, 0.29) is 126 Å². The van der Waals surface area contributed by atoms with Crippen molar-refractivity contribution in [3.63, 3.8) is 0 Å². The minimum absolute atomic E-state index is 0. The molecule has 0 heterocycles. The molecule has 0 spiro atoms. The molecule has 92 valence electrons. The normalized spacial score (nSPS) is 4.50. The van der Waals surface area contributed by atoms with Gasteiger partial charge in [0.2, 0.25) is 0 Å². The Morgan fingerprint density at radius 1 is 0.688 bits per heavy atom. The predicted molar refractivity (Wildman–Crippen MR) is 50.1 cm³/mol. The van der Waals surface area contributed by atoms with Crippen molar-refractivity contribution in [2.24, 2.45) is 0 Å². The number of rotatable bonds is 0. The van der Waals surface area contributed by atoms with E-state index in [1.165, 1.54) is 0 Å². The van der Waals surface area contributed by atoms with E-state index >= 15 is 0 Å². The Morgan fingerprint density at radius 2 is 0.688 bits per heavy atom. The summed E-state index contributed by atoms with van der Waals surface area (Å²) in [5.41, 5.74) is 0. The van der Waals surface area contributed by atoms with E-state index in [1.807, 2.05) is 0 Å². The van der Waals surface area contributed by atoms with Crippen molar-refractivity contribution in [2.75, 3.05) is 26.4 Å². The molecule has 0 aromatic rings. The van der Waals surface area contributed by atoms with Crippen molar-refractivity contribution < 1.29 is 97.0 Å². The molecule has 0 bridgehead atoms. The minimum Gasteiger partial charge on any atom is -1.00 e. The van der Waals surface area contributed by atoms with Crippen LogP contribution in [0, 0.1) is 0 Å². The molecule has 0 rings (SSSR count). The first-order chi connectivity index (χ1) is 5.66. The fraction of sp³-hybridized carbons (Fsp3) is 1.00. The van der Waals surface area contributed by atoms with E-state index < -0.39 is 0 Å². The van der Waals surface area contributed by atoms with E-state index in [0.29, 0.717) is 0 Å². The fourth-order valence-corrected chi connectivity index (χ4v) is 0. The van der Waals surface area contributed by atoms with Gasteiger partial charge in [0.05, 0.1) is 0 Å². The van der Waals surface area contributed by atoms with Crippen LogP contribution in [0.3, 0.4) is 0 Å². The zero-order chi connectivity index (χ0) is 10.8. The molecule has 0 aliphatic carbocycles. The molecular formula is C8H22HfMgO4TiZr. The van der Waals surface area contributed by atoms with Gasteiger partial charge in [-0.15, -0.1) is 26.4 Å². The Bertz CT molecular complexity index is 49.1. The molecule has 4 nitrogen and oxygen atoms in total. The SMILES string of the molecule is CC[O-].CC[O-].CC[O-].CC[O-].[H-].[H-].[Hf].[Mg+2].[Ti].[Zr+4]. The first-order valence-corrected chi connectivity index (χ1v) is 3.98. The van der Waals surface area contributed by atoms with Crippen molar-refractivity contribution in [2.45, 2.75) is 27.7 Å². The number of hydrogen-bond acceptors (Lipinski definition) is 4. The van der Waals surface area contributed by atoms with Gasteiger partial charge in [-0.3, -0.25) is 0 Å². The van der Waals surface area contributed by atoms with Crippen LogP contribution in [0.2, 0.25) is 0 Å². The second-order valence-corrected chi connectivity index (χ2v) is 1.15. The molecule has 0 aliphatic rings. The molecule has 0 aliphatic heterocycles. The molecule has 0 fully saturated rings. The summed E-state index contributed by atoms with van der Waals surface area (Å²) in [6.07, 6.45) is 0. The van der Waals surface area contributed by atoms with Crippen LogP contribution in [-0.4, -0.2) is 49.5 Å². The van der Waals surface area contributed by atoms with Gasteiger partial charge in [0, 0.05) is 47.6 Å². The third-order valence-corrected chi connectivity index (χ3v) is 0. The topological polar surface area (TPSA) is 92.2 Å². The van der Waals surface area contributed by atoms with Crippen LogP contribution >= 0.6 is 0 Å². The van der Waals surface area contributed by atoms with Crippen LogP contribution in [0.15, 0.2) is 0 Å². The molecule has 0 saturated carbocycles. The summed E-state index contributed by atoms with van der Waals surface area (Å²) < 4.78 is 0. The van der Waals surface area contributed by atoms with Crippen molar-refractivity contribution in [1.29, 1.82) is 0 Å². The van der Waals surface area contributed by atoms with Crippen molar-refractivity contribution >= 4 is 23.1 Å². The summed E-state index contributed by atoms with van der Waals surface area (Å²) in [5.74, 6) is 0. The molecule has 0 aromatic heterocycles. The Labute approximate surface area is 172 Å². The van der Waals surface area contributed by atoms with Gasteiger partial charge in [-0.25, -0.2) is 0 Å². The molecule has 0 saturated heterocycles. The van der Waals surface area contributed by atoms with E-state index in [1.54, 1.807) is 27.7 Å². The summed E-state index contributed by atoms with van der Waals surface area (Å²) in [4.78, 5) is 0. The van der Waals surface area contributed by atoms with Crippen molar-refractivity contribution in [3.05, 3.63) is 0 Å². The average Bonchev–Trinajstić information content (AvgIpc) is 1.92. The smallest absolute Gasteiger partial charge is 1.00 e. The average molecular weight is 524 g/mol. The summed E-state index contributed by atoms with van der Waals surface area (Å²) in [5, 5.41) is 35.7. The summed E-state index contributed by atoms with van der Waals surface area (Å²) in [6.45, 7) is 6.28. The van der Waals surface area contributed by atoms with Crippen molar-refractivity contribution in [1.82, 2.24) is 0 Å². The largest absolute Gasteiger partial charge is 4.00 e. The first kappa shape index (κ1) is 50.8. The summed E-state index contributed by atoms with van der Waals surface area (Å²) in [6, 6.07) is 0. The van der Waals surface area contributed by atoms with E-state index in [4.69, 9.17) is 20.4 Å². The predicted octanol–water partition coefficient (Wildman–Crippen LogP) is -2.70. The summed E-state index contributed by atoms with van der Waals surface area (Å²) in [7, 11) is 0. The van der Waals surface area contributed by atoms with E-state index in [0.717, 1.165) is 0 Å². The van der Waals surface area contributed by atoms with Gasteiger partial charge in [0.1, 0.15) is 0 Å². The Balaban J connectivity index is -0.00000000533. The number of hydrogen-bond donors (Lipinski definition) is 0. The Morgan fingerprint density at radius 3 is 0.688 bits per heavy atom. The molecule has 0 aromatic carbocycles. The Hall–Kier alpha value is 3.07. The van der Waals surface area contributed by atoms with Gasteiger partial charge in [-0.05, 0) is 0 Å². The zero-order valence-corrected chi connectivity index (χ0v) is 19.7. The van der Waals surface area contributed by atoms with E-state index in [2.05, 4.69) is 0 Å². The molecule has 0 radical (unpaired) electrons. The third kappa shape index (κ3) is 467. The fourth-order valence-electron chi connectivity index (χ4n) is 0. The van der Waals surface area contributed by atoms with Gasteiger partial charge in [0.15, 0.2) is 0 Å². The maximum atomic E-state index is 8.93. The molecule has 0 amide bonds. The first-order valence-electron chi connectivity index (χ1n) is 3.98. The maximum absolute atomic E-state index is 8.93. The van der Waals surface area contributed by atoms with Gasteiger partial charge in [-0.1, -0.05) is 27.7 Å². The maximum Gasteiger partial charge on any atom is 4.00 e. The Kier molecular flexibility index (Phi) is 334. The summed E-state index contributed by atoms with van der Waals surface area (Å²) >= 11 is 0. The van der Waals surface area contributed by atoms with Crippen LogP contribution in [0.1, 0.15) is 30.5 Å². The second-order valence-electron chi connectivity index (χ2n) is 1.15. The molecule has 16 heavy (non-hydrogen) atoms. The quantitative estimate of drug-likeness (QED) is 0.323. The molecule has 0 unspecified atom stereocenters. The standard InChI is InChI=1S/4C2H5O.Hf.Mg.Ti.Zr.2H/c4*1-2-3;;;;;;/h4*2H2,1H3;;;;;;/q4*-1;;+2;;+4;2*-1. The van der Waals surface area contributed by atoms with Crippen LogP contribution in [0.4, 0.5) is 0 Å². The second kappa shape index (κ2) is 105. The molecule has 8 heteroatoms. The van der Waals surface area contributed by atoms with Crippen LogP contribution in [0.5, 0.6) is 0 Å². The van der Waals surface area contributed by atoms with Gasteiger partial charge < -0.3 is 23.3 Å². The van der Waals surface area contributed by atoms with Gasteiger partial charge in [-0.2, -0.15) is 0 Å².